The van der Waals surface area contributed by atoms with Crippen LogP contribution in [-0.2, 0) is 17.4 Å². The van der Waals surface area contributed by atoms with Gasteiger partial charge in [0.2, 0.25) is 5.91 Å². The average molecular weight is 428 g/mol. The molecule has 10 heteroatoms. The van der Waals surface area contributed by atoms with Gasteiger partial charge in [0, 0.05) is 42.3 Å². The summed E-state index contributed by atoms with van der Waals surface area (Å²) in [6.45, 7) is 1.08. The Morgan fingerprint density at radius 2 is 1.94 bits per heavy atom. The molecule has 1 aliphatic rings. The summed E-state index contributed by atoms with van der Waals surface area (Å²) in [6, 6.07) is 9.52. The topological polar surface area (TPSA) is 79.2 Å². The minimum atomic E-state index is -4.62. The number of nitrogens with zero attached hydrogens (tertiary/aromatic N) is 5. The molecule has 1 amide bonds. The van der Waals surface area contributed by atoms with Crippen molar-refractivity contribution in [1.82, 2.24) is 29.5 Å². The second kappa shape index (κ2) is 7.36. The van der Waals surface area contributed by atoms with E-state index in [-0.39, 0.29) is 17.6 Å². The van der Waals surface area contributed by atoms with E-state index in [0.717, 1.165) is 16.5 Å². The number of fused-ring (bicyclic) bond motifs is 2. The molecule has 0 aliphatic carbocycles. The lowest BCUT2D eigenvalue weighted by atomic mass is 9.93. The molecule has 31 heavy (non-hydrogen) atoms. The summed E-state index contributed by atoms with van der Waals surface area (Å²) in [5, 5.41) is 4.66. The largest absolute Gasteiger partial charge is 0.453 e. The molecule has 7 nitrogen and oxygen atoms in total. The van der Waals surface area contributed by atoms with E-state index >= 15 is 0 Å². The maximum absolute atomic E-state index is 13.0. The maximum atomic E-state index is 13.0. The zero-order valence-corrected chi connectivity index (χ0v) is 16.4. The highest BCUT2D eigenvalue weighted by atomic mass is 19.4. The molecule has 0 unspecified atom stereocenters. The molecule has 5 rings (SSSR count). The summed E-state index contributed by atoms with van der Waals surface area (Å²) in [4.78, 5) is 25.2. The number of halogens is 3. The van der Waals surface area contributed by atoms with E-state index in [1.54, 1.807) is 6.07 Å². The molecule has 3 aromatic heterocycles. The van der Waals surface area contributed by atoms with Crippen LogP contribution in [0.3, 0.4) is 0 Å². The molecular formula is C21H19F3N6O. The Morgan fingerprint density at radius 1 is 1.16 bits per heavy atom. The first-order valence-electron chi connectivity index (χ1n) is 10.0. The van der Waals surface area contributed by atoms with Gasteiger partial charge in [-0.2, -0.15) is 18.2 Å². The van der Waals surface area contributed by atoms with Crippen molar-refractivity contribution in [3.8, 4) is 0 Å². The van der Waals surface area contributed by atoms with Crippen LogP contribution in [-0.4, -0.2) is 48.5 Å². The van der Waals surface area contributed by atoms with Crippen LogP contribution in [0.5, 0.6) is 0 Å². The molecule has 160 valence electrons. The Bertz CT molecular complexity index is 1250. The van der Waals surface area contributed by atoms with Gasteiger partial charge in [-0.05, 0) is 30.5 Å². The zero-order valence-electron chi connectivity index (χ0n) is 16.4. The number of likely N-dealkylation sites (tertiary alicyclic amines) is 1. The molecular weight excluding hydrogens is 409 g/mol. The normalized spacial score (nSPS) is 15.8. The SMILES string of the molecule is O=C(Cc1c[nH]c2ccccc12)N1CCC(c2ccnc3nc(C(F)(F)F)nn23)CC1. The van der Waals surface area contributed by atoms with Crippen molar-refractivity contribution in [3.05, 3.63) is 59.8 Å². The fraction of sp³-hybridized carbons (Fsp3) is 0.333. The number of amides is 1. The lowest BCUT2D eigenvalue weighted by molar-refractivity contribution is -0.144. The van der Waals surface area contributed by atoms with Gasteiger partial charge in [0.1, 0.15) is 0 Å². The predicted molar refractivity (Wildman–Crippen MR) is 106 cm³/mol. The first-order valence-corrected chi connectivity index (χ1v) is 10.0. The summed E-state index contributed by atoms with van der Waals surface area (Å²) >= 11 is 0. The van der Waals surface area contributed by atoms with Gasteiger partial charge in [0.05, 0.1) is 12.1 Å². The smallest absolute Gasteiger partial charge is 0.361 e. The molecule has 0 saturated carbocycles. The summed E-state index contributed by atoms with van der Waals surface area (Å²) < 4.78 is 40.1. The lowest BCUT2D eigenvalue weighted by Gasteiger charge is -2.32. The molecule has 1 aromatic carbocycles. The van der Waals surface area contributed by atoms with Crippen LogP contribution >= 0.6 is 0 Å². The molecule has 1 N–H and O–H groups in total. The van der Waals surface area contributed by atoms with Crippen molar-refractivity contribution in [3.63, 3.8) is 0 Å². The molecule has 1 aliphatic heterocycles. The number of hydrogen-bond donors (Lipinski definition) is 1. The Kier molecular flexibility index (Phi) is 4.64. The third-order valence-electron chi connectivity index (χ3n) is 5.81. The van der Waals surface area contributed by atoms with Crippen molar-refractivity contribution in [1.29, 1.82) is 0 Å². The molecule has 4 heterocycles. The monoisotopic (exact) mass is 428 g/mol. The number of benzene rings is 1. The average Bonchev–Trinajstić information content (AvgIpc) is 3.38. The second-order valence-electron chi connectivity index (χ2n) is 7.71. The number of carbonyl (C=O) groups is 1. The first-order chi connectivity index (χ1) is 14.9. The fourth-order valence-electron chi connectivity index (χ4n) is 4.22. The van der Waals surface area contributed by atoms with Crippen molar-refractivity contribution >= 4 is 22.6 Å². The predicted octanol–water partition coefficient (Wildman–Crippen LogP) is 3.57. The van der Waals surface area contributed by atoms with E-state index in [4.69, 9.17) is 0 Å². The molecule has 1 saturated heterocycles. The highest BCUT2D eigenvalue weighted by Gasteiger charge is 2.37. The van der Waals surface area contributed by atoms with E-state index in [2.05, 4.69) is 20.1 Å². The van der Waals surface area contributed by atoms with Crippen molar-refractivity contribution < 1.29 is 18.0 Å². The van der Waals surface area contributed by atoms with Crippen LogP contribution in [0.15, 0.2) is 42.7 Å². The van der Waals surface area contributed by atoms with Gasteiger partial charge in [-0.15, -0.1) is 5.10 Å². The van der Waals surface area contributed by atoms with Gasteiger partial charge in [-0.1, -0.05) is 18.2 Å². The number of hydrogen-bond acceptors (Lipinski definition) is 4. The molecule has 0 radical (unpaired) electrons. The van der Waals surface area contributed by atoms with Crippen LogP contribution in [0.1, 0.15) is 35.8 Å². The number of rotatable bonds is 3. The van der Waals surface area contributed by atoms with Crippen LogP contribution in [0.2, 0.25) is 0 Å². The number of nitrogens with one attached hydrogen (secondary N) is 1. The summed E-state index contributed by atoms with van der Waals surface area (Å²) in [5.41, 5.74) is 2.59. The number of aromatic nitrogens is 5. The minimum absolute atomic E-state index is 0.0228. The second-order valence-corrected chi connectivity index (χ2v) is 7.71. The van der Waals surface area contributed by atoms with Crippen LogP contribution in [0, 0.1) is 0 Å². The quantitative estimate of drug-likeness (QED) is 0.541. The zero-order chi connectivity index (χ0) is 21.6. The number of aromatic amines is 1. The summed E-state index contributed by atoms with van der Waals surface area (Å²) in [7, 11) is 0. The van der Waals surface area contributed by atoms with E-state index in [1.165, 1.54) is 10.7 Å². The number of alkyl halides is 3. The Hall–Kier alpha value is -3.43. The van der Waals surface area contributed by atoms with Gasteiger partial charge in [0.15, 0.2) is 0 Å². The van der Waals surface area contributed by atoms with Gasteiger partial charge >= 0.3 is 6.18 Å². The van der Waals surface area contributed by atoms with Crippen LogP contribution < -0.4 is 0 Å². The molecule has 0 spiro atoms. The van der Waals surface area contributed by atoms with E-state index in [9.17, 15) is 18.0 Å². The Labute approximate surface area is 174 Å². The summed E-state index contributed by atoms with van der Waals surface area (Å²) in [5.74, 6) is -1.24. The van der Waals surface area contributed by atoms with Gasteiger partial charge in [0.25, 0.3) is 11.6 Å². The van der Waals surface area contributed by atoms with Gasteiger partial charge < -0.3 is 9.88 Å². The molecule has 0 atom stereocenters. The van der Waals surface area contributed by atoms with E-state index in [1.807, 2.05) is 35.4 Å². The van der Waals surface area contributed by atoms with E-state index in [0.29, 0.717) is 38.0 Å². The highest BCUT2D eigenvalue weighted by molar-refractivity contribution is 5.88. The first kappa shape index (κ1) is 19.5. The number of H-pyrrole nitrogens is 1. The Balaban J connectivity index is 1.29. The van der Waals surface area contributed by atoms with Crippen molar-refractivity contribution in [2.24, 2.45) is 0 Å². The fourth-order valence-corrected chi connectivity index (χ4v) is 4.22. The van der Waals surface area contributed by atoms with E-state index < -0.39 is 12.0 Å². The number of para-hydroxylation sites is 1. The molecule has 4 aromatic rings. The Morgan fingerprint density at radius 3 is 2.71 bits per heavy atom. The minimum Gasteiger partial charge on any atom is -0.361 e. The maximum Gasteiger partial charge on any atom is 0.453 e. The lowest BCUT2D eigenvalue weighted by Crippen LogP contribution is -2.39. The van der Waals surface area contributed by atoms with Gasteiger partial charge in [-0.25, -0.2) is 9.50 Å². The number of piperidine rings is 1. The highest BCUT2D eigenvalue weighted by Crippen LogP contribution is 2.31. The summed E-state index contributed by atoms with van der Waals surface area (Å²) in [6.07, 6.45) is 0.287. The standard InChI is InChI=1S/C21H19F3N6O/c22-21(23,24)19-27-20-25-8-5-17(30(20)28-19)13-6-9-29(10-7-13)18(31)11-14-12-26-16-4-2-1-3-15(14)16/h1-5,8,12-13,26H,6-7,9-11H2. The van der Waals surface area contributed by atoms with Crippen LogP contribution in [0.25, 0.3) is 16.7 Å². The van der Waals surface area contributed by atoms with Crippen LogP contribution in [0.4, 0.5) is 13.2 Å². The third kappa shape index (κ3) is 3.62. The van der Waals surface area contributed by atoms with Gasteiger partial charge in [-0.3, -0.25) is 4.79 Å². The molecule has 0 bridgehead atoms. The van der Waals surface area contributed by atoms with Crippen molar-refractivity contribution in [2.45, 2.75) is 31.4 Å². The third-order valence-corrected chi connectivity index (χ3v) is 5.81. The molecule has 1 fully saturated rings. The van der Waals surface area contributed by atoms with Crippen molar-refractivity contribution in [2.75, 3.05) is 13.1 Å². The number of carbonyl (C=O) groups excluding carboxylic acids is 1.